The van der Waals surface area contributed by atoms with Gasteiger partial charge < -0.3 is 0 Å². The predicted molar refractivity (Wildman–Crippen MR) is 50.4 cm³/mol. The van der Waals surface area contributed by atoms with Crippen LogP contribution >= 0.6 is 15.9 Å². The molecule has 2 heterocycles. The lowest BCUT2D eigenvalue weighted by Gasteiger charge is -1.98. The maximum Gasteiger partial charge on any atom is 0.434 e. The van der Waals surface area contributed by atoms with Crippen molar-refractivity contribution in [3.63, 3.8) is 0 Å². The molecule has 0 N–H and O–H groups in total. The van der Waals surface area contributed by atoms with E-state index in [2.05, 4.69) is 25.9 Å². The second-order valence-electron chi connectivity index (χ2n) is 3.00. The van der Waals surface area contributed by atoms with Gasteiger partial charge in [0, 0.05) is 6.20 Å². The Morgan fingerprint density at radius 2 is 2.07 bits per heavy atom. The summed E-state index contributed by atoms with van der Waals surface area (Å²) < 4.78 is 38.7. The van der Waals surface area contributed by atoms with Crippen molar-refractivity contribution in [3.8, 4) is 0 Å². The molecule has 2 aromatic rings. The zero-order valence-electron chi connectivity index (χ0n) is 7.51. The molecular weight excluding hydrogens is 275 g/mol. The Morgan fingerprint density at radius 1 is 1.40 bits per heavy atom. The highest BCUT2D eigenvalue weighted by atomic mass is 79.9. The fraction of sp³-hybridized carbons (Fsp3) is 0.250. The SMILES string of the molecule is Cc1ncn2cc(C(F)(F)F)nc2c1Br. The molecule has 0 bridgehead atoms. The molecule has 3 nitrogen and oxygen atoms in total. The summed E-state index contributed by atoms with van der Waals surface area (Å²) in [6.45, 7) is 1.69. The topological polar surface area (TPSA) is 30.2 Å². The van der Waals surface area contributed by atoms with Crippen molar-refractivity contribution < 1.29 is 13.2 Å². The molecule has 0 aromatic carbocycles. The molecular formula is C8H5BrF3N3. The molecule has 0 aliphatic carbocycles. The minimum atomic E-state index is -4.43. The summed E-state index contributed by atoms with van der Waals surface area (Å²) in [5, 5.41) is 0. The standard InChI is InChI=1S/C8H5BrF3N3/c1-4-6(9)7-14-5(8(10,11)12)2-15(7)3-13-4/h2-3H,1H3. The van der Waals surface area contributed by atoms with Crippen molar-refractivity contribution >= 4 is 21.6 Å². The number of fused-ring (bicyclic) bond motifs is 1. The van der Waals surface area contributed by atoms with Gasteiger partial charge in [-0.3, -0.25) is 4.40 Å². The van der Waals surface area contributed by atoms with E-state index in [0.717, 1.165) is 6.20 Å². The molecule has 0 unspecified atom stereocenters. The van der Waals surface area contributed by atoms with Gasteiger partial charge in [0.15, 0.2) is 11.3 Å². The third-order valence-corrected chi connectivity index (χ3v) is 2.84. The van der Waals surface area contributed by atoms with Crippen LogP contribution in [0.5, 0.6) is 0 Å². The van der Waals surface area contributed by atoms with E-state index in [1.54, 1.807) is 6.92 Å². The predicted octanol–water partition coefficient (Wildman–Crippen LogP) is 2.82. The first-order valence-electron chi connectivity index (χ1n) is 3.96. The van der Waals surface area contributed by atoms with E-state index in [0.29, 0.717) is 10.2 Å². The summed E-state index contributed by atoms with van der Waals surface area (Å²) in [6.07, 6.45) is -2.22. The molecule has 15 heavy (non-hydrogen) atoms. The largest absolute Gasteiger partial charge is 0.434 e. The summed E-state index contributed by atoms with van der Waals surface area (Å²) in [5.41, 5.74) is -0.104. The van der Waals surface area contributed by atoms with Crippen molar-refractivity contribution in [2.45, 2.75) is 13.1 Å². The quantitative estimate of drug-likeness (QED) is 0.742. The normalized spacial score (nSPS) is 12.3. The van der Waals surface area contributed by atoms with Gasteiger partial charge in [0.05, 0.1) is 10.2 Å². The van der Waals surface area contributed by atoms with Gasteiger partial charge in [0.1, 0.15) is 6.33 Å². The van der Waals surface area contributed by atoms with Gasteiger partial charge in [-0.25, -0.2) is 9.97 Å². The summed E-state index contributed by atoms with van der Waals surface area (Å²) in [7, 11) is 0. The molecule has 0 saturated carbocycles. The number of rotatable bonds is 0. The van der Waals surface area contributed by atoms with Crippen molar-refractivity contribution in [1.29, 1.82) is 0 Å². The van der Waals surface area contributed by atoms with Crippen LogP contribution in [0.2, 0.25) is 0 Å². The molecule has 0 radical (unpaired) electrons. The summed E-state index contributed by atoms with van der Waals surface area (Å²) in [6, 6.07) is 0. The molecule has 0 atom stereocenters. The summed E-state index contributed by atoms with van der Waals surface area (Å²) >= 11 is 3.15. The molecule has 0 saturated heterocycles. The lowest BCUT2D eigenvalue weighted by Crippen LogP contribution is -2.04. The van der Waals surface area contributed by atoms with E-state index in [4.69, 9.17) is 0 Å². The minimum absolute atomic E-state index is 0.217. The Balaban J connectivity index is 2.72. The molecule has 0 spiro atoms. The minimum Gasteiger partial charge on any atom is -0.289 e. The van der Waals surface area contributed by atoms with Crippen LogP contribution in [-0.2, 0) is 6.18 Å². The fourth-order valence-electron chi connectivity index (χ4n) is 1.15. The third kappa shape index (κ3) is 1.71. The Kier molecular flexibility index (Phi) is 2.22. The van der Waals surface area contributed by atoms with E-state index in [9.17, 15) is 13.2 Å². The number of alkyl halides is 3. The van der Waals surface area contributed by atoms with Gasteiger partial charge in [0.2, 0.25) is 0 Å². The van der Waals surface area contributed by atoms with Gasteiger partial charge in [-0.2, -0.15) is 13.2 Å². The first kappa shape index (κ1) is 10.4. The van der Waals surface area contributed by atoms with Crippen molar-refractivity contribution in [3.05, 3.63) is 28.4 Å². The lowest BCUT2D eigenvalue weighted by molar-refractivity contribution is -0.140. The first-order chi connectivity index (χ1) is 6.89. The van der Waals surface area contributed by atoms with Gasteiger partial charge in [0.25, 0.3) is 0 Å². The molecule has 0 amide bonds. The summed E-state index contributed by atoms with van der Waals surface area (Å²) in [4.78, 5) is 7.41. The van der Waals surface area contributed by atoms with Crippen LogP contribution in [0.1, 0.15) is 11.4 Å². The lowest BCUT2D eigenvalue weighted by atomic mass is 10.4. The average Bonchev–Trinajstić information content (AvgIpc) is 2.55. The van der Waals surface area contributed by atoms with Crippen molar-refractivity contribution in [2.24, 2.45) is 0 Å². The van der Waals surface area contributed by atoms with Gasteiger partial charge in [-0.05, 0) is 22.9 Å². The highest BCUT2D eigenvalue weighted by Crippen LogP contribution is 2.30. The molecule has 0 aliphatic rings. The second kappa shape index (κ2) is 3.19. The Hall–Kier alpha value is -1.11. The van der Waals surface area contributed by atoms with Crippen LogP contribution in [-0.4, -0.2) is 14.4 Å². The number of aromatic nitrogens is 3. The van der Waals surface area contributed by atoms with Gasteiger partial charge in [-0.15, -0.1) is 0 Å². The molecule has 0 aliphatic heterocycles. The molecule has 0 fully saturated rings. The first-order valence-corrected chi connectivity index (χ1v) is 4.76. The van der Waals surface area contributed by atoms with E-state index >= 15 is 0 Å². The van der Waals surface area contributed by atoms with Crippen LogP contribution in [0.25, 0.3) is 5.65 Å². The molecule has 2 rings (SSSR count). The highest BCUT2D eigenvalue weighted by molar-refractivity contribution is 9.10. The average molecular weight is 280 g/mol. The maximum absolute atomic E-state index is 12.3. The second-order valence-corrected chi connectivity index (χ2v) is 3.79. The number of aryl methyl sites for hydroxylation is 1. The smallest absolute Gasteiger partial charge is 0.289 e. The van der Waals surface area contributed by atoms with Crippen LogP contribution < -0.4 is 0 Å². The van der Waals surface area contributed by atoms with Gasteiger partial charge in [-0.1, -0.05) is 0 Å². The van der Waals surface area contributed by atoms with E-state index in [1.807, 2.05) is 0 Å². The van der Waals surface area contributed by atoms with E-state index in [1.165, 1.54) is 10.7 Å². The third-order valence-electron chi connectivity index (χ3n) is 1.91. The molecule has 2 aromatic heterocycles. The monoisotopic (exact) mass is 279 g/mol. The van der Waals surface area contributed by atoms with Crippen molar-refractivity contribution in [1.82, 2.24) is 14.4 Å². The number of hydrogen-bond donors (Lipinski definition) is 0. The van der Waals surface area contributed by atoms with Crippen LogP contribution in [0, 0.1) is 6.92 Å². The Bertz CT molecular complexity index is 518. The van der Waals surface area contributed by atoms with Crippen LogP contribution in [0.3, 0.4) is 0 Å². The van der Waals surface area contributed by atoms with Crippen molar-refractivity contribution in [2.75, 3.05) is 0 Å². The maximum atomic E-state index is 12.3. The Labute approximate surface area is 91.1 Å². The van der Waals surface area contributed by atoms with Crippen LogP contribution in [0.15, 0.2) is 17.0 Å². The number of hydrogen-bond acceptors (Lipinski definition) is 2. The molecule has 7 heteroatoms. The number of imidazole rings is 1. The summed E-state index contributed by atoms with van der Waals surface area (Å²) in [5.74, 6) is 0. The van der Waals surface area contributed by atoms with Crippen LogP contribution in [0.4, 0.5) is 13.2 Å². The highest BCUT2D eigenvalue weighted by Gasteiger charge is 2.34. The molecule has 80 valence electrons. The zero-order chi connectivity index (χ0) is 11.2. The van der Waals surface area contributed by atoms with Gasteiger partial charge >= 0.3 is 6.18 Å². The van der Waals surface area contributed by atoms with E-state index in [-0.39, 0.29) is 5.65 Å². The Morgan fingerprint density at radius 3 is 2.67 bits per heavy atom. The van der Waals surface area contributed by atoms with E-state index < -0.39 is 11.9 Å². The zero-order valence-corrected chi connectivity index (χ0v) is 9.09. The fourth-order valence-corrected chi connectivity index (χ4v) is 1.54. The number of halogens is 4. The number of nitrogens with zero attached hydrogens (tertiary/aromatic N) is 3.